The minimum atomic E-state index is -0.549. The molecular formula is C17H15BrFN5O2S2. The third-order valence-corrected chi connectivity index (χ3v) is 5.15. The SMILES string of the molecule is C=CCn1c(Cc2csc(NC(=O)COc3ccc(Br)cc3F)n2)n[nH]c1=S. The van der Waals surface area contributed by atoms with Crippen molar-refractivity contribution in [2.75, 3.05) is 11.9 Å². The van der Waals surface area contributed by atoms with Gasteiger partial charge in [-0.25, -0.2) is 9.37 Å². The van der Waals surface area contributed by atoms with Crippen LogP contribution in [0.15, 0.2) is 40.7 Å². The number of benzene rings is 1. The van der Waals surface area contributed by atoms with Crippen molar-refractivity contribution in [2.45, 2.75) is 13.0 Å². The quantitative estimate of drug-likeness (QED) is 0.372. The second-order valence-corrected chi connectivity index (χ2v) is 7.74. The highest BCUT2D eigenvalue weighted by molar-refractivity contribution is 9.10. The summed E-state index contributed by atoms with van der Waals surface area (Å²) in [5.41, 5.74) is 0.736. The zero-order chi connectivity index (χ0) is 20.1. The summed E-state index contributed by atoms with van der Waals surface area (Å²) in [7, 11) is 0. The van der Waals surface area contributed by atoms with Crippen LogP contribution < -0.4 is 10.1 Å². The van der Waals surface area contributed by atoms with Crippen molar-refractivity contribution >= 4 is 50.5 Å². The lowest BCUT2D eigenvalue weighted by Gasteiger charge is -2.07. The smallest absolute Gasteiger partial charge is 0.264 e. The van der Waals surface area contributed by atoms with Gasteiger partial charge in [-0.3, -0.25) is 19.8 Å². The Labute approximate surface area is 177 Å². The van der Waals surface area contributed by atoms with E-state index in [1.54, 1.807) is 12.1 Å². The zero-order valence-electron chi connectivity index (χ0n) is 14.4. The lowest BCUT2D eigenvalue weighted by atomic mass is 10.3. The molecule has 7 nitrogen and oxygen atoms in total. The molecule has 3 aromatic rings. The average Bonchev–Trinajstić information content (AvgIpc) is 3.23. The highest BCUT2D eigenvalue weighted by atomic mass is 79.9. The van der Waals surface area contributed by atoms with Crippen LogP contribution in [0.3, 0.4) is 0 Å². The van der Waals surface area contributed by atoms with E-state index < -0.39 is 11.7 Å². The number of amides is 1. The Morgan fingerprint density at radius 3 is 3.11 bits per heavy atom. The Bertz CT molecular complexity index is 1060. The van der Waals surface area contributed by atoms with Crippen LogP contribution in [0.1, 0.15) is 11.5 Å². The third kappa shape index (κ3) is 5.12. The van der Waals surface area contributed by atoms with E-state index in [1.807, 2.05) is 9.95 Å². The van der Waals surface area contributed by atoms with Gasteiger partial charge < -0.3 is 4.74 Å². The molecule has 28 heavy (non-hydrogen) atoms. The molecule has 0 unspecified atom stereocenters. The molecule has 1 amide bonds. The summed E-state index contributed by atoms with van der Waals surface area (Å²) in [4.78, 5) is 16.4. The molecule has 2 aromatic heterocycles. The number of rotatable bonds is 8. The van der Waals surface area contributed by atoms with E-state index in [4.69, 9.17) is 17.0 Å². The summed E-state index contributed by atoms with van der Waals surface area (Å²) in [6.45, 7) is 3.92. The average molecular weight is 484 g/mol. The van der Waals surface area contributed by atoms with Gasteiger partial charge in [-0.15, -0.1) is 17.9 Å². The van der Waals surface area contributed by atoms with Crippen molar-refractivity contribution in [1.29, 1.82) is 0 Å². The van der Waals surface area contributed by atoms with Crippen LogP contribution >= 0.6 is 39.5 Å². The van der Waals surface area contributed by atoms with Crippen LogP contribution in [-0.2, 0) is 17.8 Å². The zero-order valence-corrected chi connectivity index (χ0v) is 17.7. The molecule has 0 aliphatic rings. The van der Waals surface area contributed by atoms with Crippen LogP contribution in [0.2, 0.25) is 0 Å². The number of aromatic amines is 1. The number of allylic oxidation sites excluding steroid dienone is 1. The van der Waals surface area contributed by atoms with Crippen LogP contribution in [0.25, 0.3) is 0 Å². The lowest BCUT2D eigenvalue weighted by Crippen LogP contribution is -2.20. The first-order valence-corrected chi connectivity index (χ1v) is 10.1. The van der Waals surface area contributed by atoms with E-state index in [2.05, 4.69) is 43.0 Å². The highest BCUT2D eigenvalue weighted by Crippen LogP contribution is 2.22. The molecule has 3 rings (SSSR count). The number of nitrogens with zero attached hydrogens (tertiary/aromatic N) is 3. The first-order chi connectivity index (χ1) is 13.5. The normalized spacial score (nSPS) is 10.6. The number of nitrogens with one attached hydrogen (secondary N) is 2. The predicted octanol–water partition coefficient (Wildman–Crippen LogP) is 4.09. The standard InChI is InChI=1S/C17H15BrFN5O2S2/c1-2-5-24-14(22-23-17(24)27)7-11-9-28-16(20-11)21-15(25)8-26-13-4-3-10(18)6-12(13)19/h2-4,6,9H,1,5,7-8H2,(H,23,27)(H,20,21,25). The third-order valence-electron chi connectivity index (χ3n) is 3.54. The molecule has 2 N–H and O–H groups in total. The molecular weight excluding hydrogens is 469 g/mol. The van der Waals surface area contributed by atoms with Gasteiger partial charge in [0.25, 0.3) is 5.91 Å². The summed E-state index contributed by atoms with van der Waals surface area (Å²) >= 11 is 9.62. The molecule has 0 fully saturated rings. The molecule has 146 valence electrons. The Hall–Kier alpha value is -2.37. The van der Waals surface area contributed by atoms with Gasteiger partial charge in [0.05, 0.1) is 12.1 Å². The Kier molecular flexibility index (Phi) is 6.70. The van der Waals surface area contributed by atoms with Crippen LogP contribution in [0, 0.1) is 10.6 Å². The number of carbonyl (C=O) groups excluding carboxylic acids is 1. The second kappa shape index (κ2) is 9.22. The molecule has 2 heterocycles. The first kappa shape index (κ1) is 20.4. The number of ether oxygens (including phenoxy) is 1. The van der Waals surface area contributed by atoms with Crippen molar-refractivity contribution in [2.24, 2.45) is 0 Å². The molecule has 0 radical (unpaired) electrons. The molecule has 0 atom stereocenters. The molecule has 0 aliphatic carbocycles. The monoisotopic (exact) mass is 483 g/mol. The molecule has 1 aromatic carbocycles. The van der Waals surface area contributed by atoms with Crippen LogP contribution in [0.4, 0.5) is 9.52 Å². The van der Waals surface area contributed by atoms with Crippen molar-refractivity contribution in [3.05, 3.63) is 62.8 Å². The minimum absolute atomic E-state index is 0.00296. The van der Waals surface area contributed by atoms with Crippen molar-refractivity contribution < 1.29 is 13.9 Å². The van der Waals surface area contributed by atoms with Gasteiger partial charge in [0.15, 0.2) is 28.1 Å². The Morgan fingerprint density at radius 2 is 2.36 bits per heavy atom. The number of hydrogen-bond donors (Lipinski definition) is 2. The predicted molar refractivity (Wildman–Crippen MR) is 111 cm³/mol. The maximum absolute atomic E-state index is 13.7. The maximum Gasteiger partial charge on any atom is 0.264 e. The number of halogens is 2. The Balaban J connectivity index is 1.57. The molecule has 0 bridgehead atoms. The van der Waals surface area contributed by atoms with Crippen molar-refractivity contribution in [3.8, 4) is 5.75 Å². The van der Waals surface area contributed by atoms with E-state index in [0.717, 1.165) is 11.5 Å². The fraction of sp³-hybridized carbons (Fsp3) is 0.176. The topological polar surface area (TPSA) is 84.8 Å². The van der Waals surface area contributed by atoms with Gasteiger partial charge in [0, 0.05) is 16.4 Å². The highest BCUT2D eigenvalue weighted by Gasteiger charge is 2.12. The largest absolute Gasteiger partial charge is 0.481 e. The van der Waals surface area contributed by atoms with E-state index in [-0.39, 0.29) is 12.4 Å². The van der Waals surface area contributed by atoms with Gasteiger partial charge in [-0.05, 0) is 30.4 Å². The maximum atomic E-state index is 13.7. The number of hydrogen-bond acceptors (Lipinski definition) is 6. The Morgan fingerprint density at radius 1 is 1.54 bits per heavy atom. The summed E-state index contributed by atoms with van der Waals surface area (Å²) in [5, 5.41) is 11.8. The summed E-state index contributed by atoms with van der Waals surface area (Å²) < 4.78 is 21.8. The molecule has 0 saturated heterocycles. The fourth-order valence-electron chi connectivity index (χ4n) is 2.30. The van der Waals surface area contributed by atoms with Crippen LogP contribution in [0.5, 0.6) is 5.75 Å². The van der Waals surface area contributed by atoms with Gasteiger partial charge in [0.2, 0.25) is 0 Å². The molecule has 11 heteroatoms. The van der Waals surface area contributed by atoms with E-state index in [0.29, 0.717) is 27.3 Å². The fourth-order valence-corrected chi connectivity index (χ4v) is 3.59. The lowest BCUT2D eigenvalue weighted by molar-refractivity contribution is -0.118. The first-order valence-electron chi connectivity index (χ1n) is 8.03. The number of thiazole rings is 1. The second-order valence-electron chi connectivity index (χ2n) is 5.58. The summed E-state index contributed by atoms with van der Waals surface area (Å²) in [6.07, 6.45) is 2.18. The van der Waals surface area contributed by atoms with Crippen molar-refractivity contribution in [3.63, 3.8) is 0 Å². The number of H-pyrrole nitrogens is 1. The van der Waals surface area contributed by atoms with E-state index >= 15 is 0 Å². The molecule has 0 saturated carbocycles. The number of anilines is 1. The van der Waals surface area contributed by atoms with E-state index in [9.17, 15) is 9.18 Å². The number of aromatic nitrogens is 4. The number of carbonyl (C=O) groups is 1. The summed E-state index contributed by atoms with van der Waals surface area (Å²) in [5.74, 6) is -0.255. The minimum Gasteiger partial charge on any atom is -0.481 e. The van der Waals surface area contributed by atoms with Gasteiger partial charge in [-0.1, -0.05) is 22.0 Å². The van der Waals surface area contributed by atoms with Gasteiger partial charge >= 0.3 is 0 Å². The van der Waals surface area contributed by atoms with Crippen LogP contribution in [-0.4, -0.2) is 32.3 Å². The van der Waals surface area contributed by atoms with Gasteiger partial charge in [0.1, 0.15) is 5.82 Å². The molecule has 0 aliphatic heterocycles. The molecule has 0 spiro atoms. The van der Waals surface area contributed by atoms with E-state index in [1.165, 1.54) is 23.5 Å². The summed E-state index contributed by atoms with van der Waals surface area (Å²) in [6, 6.07) is 4.34. The van der Waals surface area contributed by atoms with Gasteiger partial charge in [-0.2, -0.15) is 5.10 Å². The van der Waals surface area contributed by atoms with Crippen molar-refractivity contribution in [1.82, 2.24) is 19.7 Å².